The molecule has 146 valence electrons. The van der Waals surface area contributed by atoms with Gasteiger partial charge in [0.25, 0.3) is 0 Å². The predicted molar refractivity (Wildman–Crippen MR) is 109 cm³/mol. The minimum Gasteiger partial charge on any atom is -0.497 e. The van der Waals surface area contributed by atoms with Crippen molar-refractivity contribution < 1.29 is 13.9 Å². The fourth-order valence-electron chi connectivity index (χ4n) is 2.87. The fraction of sp³-hybridized carbons (Fsp3) is 0.273. The van der Waals surface area contributed by atoms with E-state index in [0.29, 0.717) is 42.6 Å². The van der Waals surface area contributed by atoms with Crippen molar-refractivity contribution in [2.45, 2.75) is 26.3 Å². The molecule has 1 amide bonds. The third-order valence-electron chi connectivity index (χ3n) is 4.50. The Hall–Kier alpha value is -2.79. The molecule has 1 heterocycles. The third kappa shape index (κ3) is 5.14. The Morgan fingerprint density at radius 2 is 1.86 bits per heavy atom. The molecule has 0 aliphatic heterocycles. The molecule has 3 rings (SSSR count). The second-order valence-electron chi connectivity index (χ2n) is 6.38. The van der Waals surface area contributed by atoms with E-state index in [1.807, 2.05) is 48.2 Å². The van der Waals surface area contributed by atoms with Gasteiger partial charge in [-0.1, -0.05) is 23.7 Å². The Morgan fingerprint density at radius 1 is 1.14 bits per heavy atom. The first-order valence-corrected chi connectivity index (χ1v) is 9.58. The van der Waals surface area contributed by atoms with Gasteiger partial charge in [-0.25, -0.2) is 4.98 Å². The van der Waals surface area contributed by atoms with E-state index in [1.54, 1.807) is 25.4 Å². The highest BCUT2D eigenvalue weighted by atomic mass is 35.5. The van der Waals surface area contributed by atoms with Gasteiger partial charge in [-0.3, -0.25) is 4.79 Å². The summed E-state index contributed by atoms with van der Waals surface area (Å²) in [5.74, 6) is 2.10. The number of ether oxygens (including phenoxy) is 1. The molecule has 6 heteroatoms. The number of hydrogen-bond donors (Lipinski definition) is 0. The maximum Gasteiger partial charge on any atom is 0.223 e. The minimum atomic E-state index is 0.0737. The number of benzene rings is 2. The van der Waals surface area contributed by atoms with E-state index >= 15 is 0 Å². The molecule has 5 nitrogen and oxygen atoms in total. The number of carbonyl (C=O) groups excluding carboxylic acids is 1. The van der Waals surface area contributed by atoms with Crippen LogP contribution in [0.25, 0.3) is 11.3 Å². The van der Waals surface area contributed by atoms with E-state index in [2.05, 4.69) is 4.98 Å². The standard InChI is InChI=1S/C22H23ClN2O3/c1-3-25(15-16-4-10-19(27-2)11-5-16)22(26)13-12-21-24-14-20(28-21)17-6-8-18(23)9-7-17/h4-11,14H,3,12-13,15H2,1-2H3. The number of amides is 1. The van der Waals surface area contributed by atoms with Crippen LogP contribution in [-0.4, -0.2) is 29.4 Å². The zero-order valence-corrected chi connectivity index (χ0v) is 16.8. The first kappa shape index (κ1) is 20.0. The van der Waals surface area contributed by atoms with E-state index in [0.717, 1.165) is 16.9 Å². The van der Waals surface area contributed by atoms with Gasteiger partial charge in [0.15, 0.2) is 11.7 Å². The smallest absolute Gasteiger partial charge is 0.223 e. The third-order valence-corrected chi connectivity index (χ3v) is 4.75. The lowest BCUT2D eigenvalue weighted by Crippen LogP contribution is -2.30. The van der Waals surface area contributed by atoms with Crippen LogP contribution < -0.4 is 4.74 Å². The summed E-state index contributed by atoms with van der Waals surface area (Å²) in [4.78, 5) is 18.7. The number of nitrogens with zero attached hydrogens (tertiary/aromatic N) is 2. The first-order valence-electron chi connectivity index (χ1n) is 9.20. The van der Waals surface area contributed by atoms with Crippen molar-refractivity contribution >= 4 is 17.5 Å². The number of aromatic nitrogens is 1. The zero-order chi connectivity index (χ0) is 19.9. The summed E-state index contributed by atoms with van der Waals surface area (Å²) in [6.45, 7) is 3.19. The topological polar surface area (TPSA) is 55.6 Å². The molecule has 28 heavy (non-hydrogen) atoms. The number of oxazole rings is 1. The van der Waals surface area contributed by atoms with Gasteiger partial charge in [0.1, 0.15) is 5.75 Å². The molecule has 0 aliphatic carbocycles. The molecule has 1 aromatic heterocycles. The van der Waals surface area contributed by atoms with Crippen LogP contribution in [0.1, 0.15) is 24.8 Å². The van der Waals surface area contributed by atoms with Crippen LogP contribution >= 0.6 is 11.6 Å². The van der Waals surface area contributed by atoms with Crippen LogP contribution in [0.5, 0.6) is 5.75 Å². The number of carbonyl (C=O) groups is 1. The van der Waals surface area contributed by atoms with Crippen LogP contribution in [0, 0.1) is 0 Å². The quantitative estimate of drug-likeness (QED) is 0.536. The van der Waals surface area contributed by atoms with E-state index in [1.165, 1.54) is 0 Å². The summed E-state index contributed by atoms with van der Waals surface area (Å²) in [5.41, 5.74) is 1.97. The highest BCUT2D eigenvalue weighted by Crippen LogP contribution is 2.23. The lowest BCUT2D eigenvalue weighted by Gasteiger charge is -2.21. The summed E-state index contributed by atoms with van der Waals surface area (Å²) in [6, 6.07) is 15.1. The Kier molecular flexibility index (Phi) is 6.71. The van der Waals surface area contributed by atoms with E-state index in [4.69, 9.17) is 20.8 Å². The van der Waals surface area contributed by atoms with E-state index in [9.17, 15) is 4.79 Å². The average Bonchev–Trinajstić information content (AvgIpc) is 3.20. The van der Waals surface area contributed by atoms with Crippen LogP contribution in [0.4, 0.5) is 0 Å². The second-order valence-corrected chi connectivity index (χ2v) is 6.82. The van der Waals surface area contributed by atoms with Crippen LogP contribution in [-0.2, 0) is 17.8 Å². The Labute approximate surface area is 169 Å². The minimum absolute atomic E-state index is 0.0737. The SMILES string of the molecule is CCN(Cc1ccc(OC)cc1)C(=O)CCc1ncc(-c2ccc(Cl)cc2)o1. The van der Waals surface area contributed by atoms with Crippen molar-refractivity contribution in [3.63, 3.8) is 0 Å². The Morgan fingerprint density at radius 3 is 2.50 bits per heavy atom. The van der Waals surface area contributed by atoms with Gasteiger partial charge >= 0.3 is 0 Å². The Bertz CT molecular complexity index is 904. The first-order chi connectivity index (χ1) is 13.6. The molecule has 0 fully saturated rings. The van der Waals surface area contributed by atoms with Gasteiger partial charge in [-0.2, -0.15) is 0 Å². The van der Waals surface area contributed by atoms with Crippen LogP contribution in [0.15, 0.2) is 59.1 Å². The van der Waals surface area contributed by atoms with Crippen molar-refractivity contribution in [3.05, 3.63) is 71.2 Å². The molecule has 2 aromatic carbocycles. The molecular formula is C22H23ClN2O3. The number of methoxy groups -OCH3 is 1. The number of hydrogen-bond acceptors (Lipinski definition) is 4. The van der Waals surface area contributed by atoms with Crippen molar-refractivity contribution in [2.24, 2.45) is 0 Å². The molecule has 0 atom stereocenters. The molecule has 0 saturated heterocycles. The lowest BCUT2D eigenvalue weighted by atomic mass is 10.2. The number of rotatable bonds is 8. The van der Waals surface area contributed by atoms with Crippen LogP contribution in [0.3, 0.4) is 0 Å². The van der Waals surface area contributed by atoms with Crippen LogP contribution in [0.2, 0.25) is 5.02 Å². The van der Waals surface area contributed by atoms with Crippen molar-refractivity contribution in [3.8, 4) is 17.1 Å². The van der Waals surface area contributed by atoms with Crippen molar-refractivity contribution in [1.82, 2.24) is 9.88 Å². The van der Waals surface area contributed by atoms with Gasteiger partial charge in [0, 0.05) is 36.5 Å². The molecule has 3 aromatic rings. The summed E-state index contributed by atoms with van der Waals surface area (Å²) in [6.07, 6.45) is 2.49. The summed E-state index contributed by atoms with van der Waals surface area (Å²) in [5, 5.41) is 0.672. The largest absolute Gasteiger partial charge is 0.497 e. The molecule has 0 aliphatic rings. The highest BCUT2D eigenvalue weighted by Gasteiger charge is 2.14. The molecule has 0 N–H and O–H groups in total. The second kappa shape index (κ2) is 9.42. The summed E-state index contributed by atoms with van der Waals surface area (Å²) < 4.78 is 10.9. The van der Waals surface area contributed by atoms with Crippen molar-refractivity contribution in [1.29, 1.82) is 0 Å². The van der Waals surface area contributed by atoms with Gasteiger partial charge < -0.3 is 14.1 Å². The molecule has 0 unspecified atom stereocenters. The normalized spacial score (nSPS) is 10.7. The zero-order valence-electron chi connectivity index (χ0n) is 16.0. The molecule has 0 saturated carbocycles. The van der Waals surface area contributed by atoms with Gasteiger partial charge in [-0.05, 0) is 48.9 Å². The lowest BCUT2D eigenvalue weighted by molar-refractivity contribution is -0.131. The summed E-state index contributed by atoms with van der Waals surface area (Å²) in [7, 11) is 1.64. The molecule has 0 spiro atoms. The van der Waals surface area contributed by atoms with E-state index in [-0.39, 0.29) is 5.91 Å². The van der Waals surface area contributed by atoms with Gasteiger partial charge in [0.2, 0.25) is 5.91 Å². The maximum atomic E-state index is 12.6. The molecule has 0 bridgehead atoms. The Balaban J connectivity index is 1.56. The molecule has 0 radical (unpaired) electrons. The van der Waals surface area contributed by atoms with Crippen molar-refractivity contribution in [2.75, 3.05) is 13.7 Å². The molecular weight excluding hydrogens is 376 g/mol. The van der Waals surface area contributed by atoms with E-state index < -0.39 is 0 Å². The highest BCUT2D eigenvalue weighted by molar-refractivity contribution is 6.30. The fourth-order valence-corrected chi connectivity index (χ4v) is 3.00. The number of halogens is 1. The average molecular weight is 399 g/mol. The monoisotopic (exact) mass is 398 g/mol. The van der Waals surface area contributed by atoms with Gasteiger partial charge in [-0.15, -0.1) is 0 Å². The van der Waals surface area contributed by atoms with Gasteiger partial charge in [0.05, 0.1) is 13.3 Å². The maximum absolute atomic E-state index is 12.6. The summed E-state index contributed by atoms with van der Waals surface area (Å²) >= 11 is 5.91. The predicted octanol–water partition coefficient (Wildman–Crippen LogP) is 4.98. The number of aryl methyl sites for hydroxylation is 1.